The minimum Gasteiger partial charge on any atom is -0.404 e. The van der Waals surface area contributed by atoms with Crippen LogP contribution in [0.5, 0.6) is 5.75 Å². The van der Waals surface area contributed by atoms with Gasteiger partial charge in [-0.2, -0.15) is 0 Å². The summed E-state index contributed by atoms with van der Waals surface area (Å²) in [6.07, 6.45) is -5.21. The SMILES string of the molecule is Cn1c(=O)c2c(CC(=O)Nc3nc(-c4ccc(OC(F)(F)F)c(Cl)c4)cs3)noc2n(C)c1=O. The number of carbonyl (C=O) groups is 1. The van der Waals surface area contributed by atoms with E-state index in [1.165, 1.54) is 26.2 Å². The fourth-order valence-corrected chi connectivity index (χ4v) is 4.05. The van der Waals surface area contributed by atoms with Crippen molar-refractivity contribution in [3.05, 3.63) is 55.1 Å². The number of anilines is 1. The summed E-state index contributed by atoms with van der Waals surface area (Å²) in [7, 11) is 2.70. The lowest BCUT2D eigenvalue weighted by Gasteiger charge is -2.10. The van der Waals surface area contributed by atoms with E-state index in [4.69, 9.17) is 16.1 Å². The van der Waals surface area contributed by atoms with Crippen LogP contribution in [0.1, 0.15) is 5.69 Å². The first-order valence-electron chi connectivity index (χ1n) is 9.30. The van der Waals surface area contributed by atoms with Gasteiger partial charge in [0, 0.05) is 25.0 Å². The summed E-state index contributed by atoms with van der Waals surface area (Å²) in [5.41, 5.74) is -0.485. The Hall–Kier alpha value is -3.65. The molecule has 0 unspecified atom stereocenters. The number of thiazole rings is 1. The quantitative estimate of drug-likeness (QED) is 0.433. The largest absolute Gasteiger partial charge is 0.573 e. The molecule has 0 fully saturated rings. The highest BCUT2D eigenvalue weighted by Crippen LogP contribution is 2.34. The van der Waals surface area contributed by atoms with Crippen LogP contribution in [0, 0.1) is 0 Å². The zero-order chi connectivity index (χ0) is 24.8. The summed E-state index contributed by atoms with van der Waals surface area (Å²) in [4.78, 5) is 41.1. The van der Waals surface area contributed by atoms with Crippen molar-refractivity contribution in [3.8, 4) is 17.0 Å². The maximum Gasteiger partial charge on any atom is 0.573 e. The summed E-state index contributed by atoms with van der Waals surface area (Å²) < 4.78 is 48.1. The molecule has 0 radical (unpaired) electrons. The van der Waals surface area contributed by atoms with Gasteiger partial charge in [-0.3, -0.25) is 18.7 Å². The van der Waals surface area contributed by atoms with Gasteiger partial charge in [0.2, 0.25) is 11.6 Å². The Kier molecular flexibility index (Phi) is 5.95. The Labute approximate surface area is 196 Å². The van der Waals surface area contributed by atoms with E-state index in [2.05, 4.69) is 20.2 Å². The number of carbonyl (C=O) groups excluding carboxylic acids is 1. The van der Waals surface area contributed by atoms with Gasteiger partial charge in [-0.05, 0) is 18.2 Å². The zero-order valence-corrected chi connectivity index (χ0v) is 18.8. The van der Waals surface area contributed by atoms with Crippen molar-refractivity contribution in [1.29, 1.82) is 0 Å². The minimum atomic E-state index is -4.88. The molecule has 34 heavy (non-hydrogen) atoms. The molecule has 178 valence electrons. The smallest absolute Gasteiger partial charge is 0.404 e. The van der Waals surface area contributed by atoms with Crippen molar-refractivity contribution in [2.75, 3.05) is 5.32 Å². The number of rotatable bonds is 5. The lowest BCUT2D eigenvalue weighted by Crippen LogP contribution is -2.36. The molecule has 0 saturated heterocycles. The highest BCUT2D eigenvalue weighted by atomic mass is 35.5. The topological polar surface area (TPSA) is 121 Å². The predicted octanol–water partition coefficient (Wildman–Crippen LogP) is 3.08. The van der Waals surface area contributed by atoms with Crippen molar-refractivity contribution in [1.82, 2.24) is 19.3 Å². The molecule has 0 spiro atoms. The Morgan fingerprint density at radius 3 is 2.68 bits per heavy atom. The van der Waals surface area contributed by atoms with E-state index in [0.29, 0.717) is 11.3 Å². The van der Waals surface area contributed by atoms with Crippen molar-refractivity contribution in [2.24, 2.45) is 14.1 Å². The van der Waals surface area contributed by atoms with Crippen LogP contribution in [-0.2, 0) is 25.3 Å². The molecule has 0 aliphatic rings. The summed E-state index contributed by atoms with van der Waals surface area (Å²) in [6, 6.07) is 3.66. The van der Waals surface area contributed by atoms with E-state index in [-0.39, 0.29) is 33.4 Å². The number of nitrogens with one attached hydrogen (secondary N) is 1. The van der Waals surface area contributed by atoms with Gasteiger partial charge in [0.25, 0.3) is 5.56 Å². The number of aromatic nitrogens is 4. The van der Waals surface area contributed by atoms with Crippen LogP contribution in [0.4, 0.5) is 18.3 Å². The van der Waals surface area contributed by atoms with E-state index >= 15 is 0 Å². The second-order valence-electron chi connectivity index (χ2n) is 6.97. The zero-order valence-electron chi connectivity index (χ0n) is 17.3. The summed E-state index contributed by atoms with van der Waals surface area (Å²) >= 11 is 6.93. The molecule has 3 heterocycles. The maximum atomic E-state index is 12.5. The molecule has 4 aromatic rings. The second kappa shape index (κ2) is 8.61. The Morgan fingerprint density at radius 1 is 1.26 bits per heavy atom. The number of halogens is 4. The molecule has 15 heteroatoms. The molecular weight excluding hydrogens is 503 g/mol. The number of aryl methyl sites for hydroxylation is 1. The van der Waals surface area contributed by atoms with E-state index in [9.17, 15) is 27.6 Å². The third-order valence-corrected chi connectivity index (χ3v) is 5.73. The van der Waals surface area contributed by atoms with Crippen LogP contribution >= 0.6 is 22.9 Å². The Bertz CT molecular complexity index is 1540. The monoisotopic (exact) mass is 515 g/mol. The average Bonchev–Trinajstić information content (AvgIpc) is 3.38. The number of amides is 1. The highest BCUT2D eigenvalue weighted by Gasteiger charge is 2.32. The van der Waals surface area contributed by atoms with Gasteiger partial charge in [-0.15, -0.1) is 24.5 Å². The first-order chi connectivity index (χ1) is 15.9. The number of benzene rings is 1. The van der Waals surface area contributed by atoms with Gasteiger partial charge < -0.3 is 14.6 Å². The van der Waals surface area contributed by atoms with Gasteiger partial charge in [-0.25, -0.2) is 9.78 Å². The van der Waals surface area contributed by atoms with Crippen LogP contribution in [-0.4, -0.2) is 31.5 Å². The molecule has 0 atom stereocenters. The van der Waals surface area contributed by atoms with Crippen LogP contribution in [0.3, 0.4) is 0 Å². The summed E-state index contributed by atoms with van der Waals surface area (Å²) in [5.74, 6) is -1.11. The molecule has 0 bridgehead atoms. The first kappa shape index (κ1) is 23.5. The Morgan fingerprint density at radius 2 is 2.00 bits per heavy atom. The molecule has 4 rings (SSSR count). The molecule has 0 aliphatic carbocycles. The third-order valence-electron chi connectivity index (χ3n) is 4.67. The van der Waals surface area contributed by atoms with Gasteiger partial charge >= 0.3 is 12.1 Å². The fourth-order valence-electron chi connectivity index (χ4n) is 3.09. The third kappa shape index (κ3) is 4.54. The number of alkyl halides is 3. The van der Waals surface area contributed by atoms with Crippen LogP contribution < -0.4 is 21.3 Å². The van der Waals surface area contributed by atoms with Crippen molar-refractivity contribution in [3.63, 3.8) is 0 Å². The molecule has 0 saturated carbocycles. The number of fused-ring (bicyclic) bond motifs is 1. The number of hydrogen-bond acceptors (Lipinski definition) is 8. The first-order valence-corrected chi connectivity index (χ1v) is 10.6. The fraction of sp³-hybridized carbons (Fsp3) is 0.211. The van der Waals surface area contributed by atoms with Gasteiger partial charge in [0.15, 0.2) is 5.13 Å². The number of nitrogens with zero attached hydrogens (tertiary/aromatic N) is 4. The maximum absolute atomic E-state index is 12.5. The molecule has 0 aliphatic heterocycles. The Balaban J connectivity index is 1.51. The van der Waals surface area contributed by atoms with E-state index in [1.807, 2.05) is 0 Å². The van der Waals surface area contributed by atoms with Crippen LogP contribution in [0.15, 0.2) is 37.7 Å². The minimum absolute atomic E-state index is 0.00962. The molecule has 1 aromatic carbocycles. The van der Waals surface area contributed by atoms with E-state index in [1.54, 1.807) is 5.38 Å². The summed E-state index contributed by atoms with van der Waals surface area (Å²) in [5, 5.41) is 7.81. The highest BCUT2D eigenvalue weighted by molar-refractivity contribution is 7.14. The number of ether oxygens (including phenoxy) is 1. The van der Waals surface area contributed by atoms with Gasteiger partial charge in [-0.1, -0.05) is 16.8 Å². The van der Waals surface area contributed by atoms with Crippen molar-refractivity contribution >= 4 is 45.1 Å². The van der Waals surface area contributed by atoms with Crippen molar-refractivity contribution in [2.45, 2.75) is 12.8 Å². The van der Waals surface area contributed by atoms with Crippen LogP contribution in [0.2, 0.25) is 5.02 Å². The predicted molar refractivity (Wildman–Crippen MR) is 116 cm³/mol. The average molecular weight is 516 g/mol. The molecule has 1 N–H and O–H groups in total. The molecule has 10 nitrogen and oxygen atoms in total. The standard InChI is InChI=1S/C19H13ClF3N5O5S/c1-27-15(30)14-10(26-33-16(14)28(2)18(27)31)6-13(29)25-17-24-11(7-34-17)8-3-4-12(9(20)5-8)32-19(21,22)23/h3-5,7H,6H2,1-2H3,(H,24,25,29). The van der Waals surface area contributed by atoms with Gasteiger partial charge in [0.1, 0.15) is 16.8 Å². The lowest BCUT2D eigenvalue weighted by atomic mass is 10.2. The molecule has 3 aromatic heterocycles. The van der Waals surface area contributed by atoms with Crippen molar-refractivity contribution < 1.29 is 27.2 Å². The lowest BCUT2D eigenvalue weighted by molar-refractivity contribution is -0.274. The number of hydrogen-bond donors (Lipinski definition) is 1. The van der Waals surface area contributed by atoms with Crippen LogP contribution in [0.25, 0.3) is 22.4 Å². The second-order valence-corrected chi connectivity index (χ2v) is 8.24. The summed E-state index contributed by atoms with van der Waals surface area (Å²) in [6.45, 7) is 0. The molecule has 1 amide bonds. The van der Waals surface area contributed by atoms with Gasteiger partial charge in [0.05, 0.1) is 17.1 Å². The van der Waals surface area contributed by atoms with E-state index < -0.39 is 29.3 Å². The molecular formula is C19H13ClF3N5O5S. The van der Waals surface area contributed by atoms with E-state index in [0.717, 1.165) is 26.5 Å². The normalized spacial score (nSPS) is 11.7.